The maximum Gasteiger partial charge on any atom is 0.263 e. The maximum atomic E-state index is 13.4. The summed E-state index contributed by atoms with van der Waals surface area (Å²) in [5.41, 5.74) is 1.74. The Morgan fingerprint density at radius 3 is 2.03 bits per heavy atom. The lowest BCUT2D eigenvalue weighted by Crippen LogP contribution is -2.44. The molecule has 3 aromatic rings. The van der Waals surface area contributed by atoms with Crippen LogP contribution in [-0.2, 0) is 0 Å². The Hall–Kier alpha value is -3.20. The van der Waals surface area contributed by atoms with Crippen molar-refractivity contribution >= 4 is 46.0 Å². The molecule has 1 aliphatic heterocycles. The zero-order chi connectivity index (χ0) is 21.3. The number of para-hydroxylation sites is 1. The third kappa shape index (κ3) is 3.56. The topological polar surface area (TPSA) is 66.9 Å². The van der Waals surface area contributed by atoms with Crippen LogP contribution in [0.25, 0.3) is 0 Å². The van der Waals surface area contributed by atoms with Gasteiger partial charge >= 0.3 is 0 Å². The summed E-state index contributed by atoms with van der Waals surface area (Å²) in [6, 6.07) is 20.7. The molecule has 0 saturated heterocycles. The molecular weight excluding hydrogens is 495 g/mol. The first kappa shape index (κ1) is 20.1. The average molecular weight is 512 g/mol. The zero-order valence-electron chi connectivity index (χ0n) is 16.0. The first-order valence-electron chi connectivity index (χ1n) is 9.17. The van der Waals surface area contributed by atoms with Crippen LogP contribution < -0.4 is 9.64 Å². The van der Waals surface area contributed by atoms with Crippen LogP contribution in [0.1, 0.15) is 31.1 Å². The number of hydrogen-bond acceptors (Lipinski definition) is 4. The molecule has 1 aliphatic rings. The molecule has 0 aromatic heterocycles. The number of methoxy groups -OCH3 is 1. The number of nitrogens with zero attached hydrogens (tertiary/aromatic N) is 2. The molecule has 0 saturated carbocycles. The molecule has 150 valence electrons. The van der Waals surface area contributed by atoms with E-state index in [2.05, 4.69) is 22.6 Å². The largest absolute Gasteiger partial charge is 0.497 e. The maximum absolute atomic E-state index is 13.4. The monoisotopic (exact) mass is 512 g/mol. The van der Waals surface area contributed by atoms with Gasteiger partial charge in [-0.3, -0.25) is 24.2 Å². The fourth-order valence-corrected chi connectivity index (χ4v) is 4.00. The molecule has 0 N–H and O–H groups in total. The standard InChI is InChI=1S/C23H17IN2O4/c1-30-16-12-10-15(11-13-16)21(27)25(20-9-5-4-8-19(20)24)14-26-22(28)17-6-2-3-7-18(17)23(26)29/h2-13H,14H2,1H3. The van der Waals surface area contributed by atoms with Crippen molar-refractivity contribution in [2.75, 3.05) is 18.7 Å². The lowest BCUT2D eigenvalue weighted by molar-refractivity contribution is 0.0650. The van der Waals surface area contributed by atoms with Crippen molar-refractivity contribution in [1.82, 2.24) is 4.90 Å². The average Bonchev–Trinajstić information content (AvgIpc) is 3.02. The van der Waals surface area contributed by atoms with Crippen molar-refractivity contribution in [1.29, 1.82) is 0 Å². The van der Waals surface area contributed by atoms with Gasteiger partial charge < -0.3 is 4.74 Å². The Labute approximate surface area is 187 Å². The van der Waals surface area contributed by atoms with Crippen molar-refractivity contribution in [2.45, 2.75) is 0 Å². The number of imide groups is 1. The molecule has 7 heteroatoms. The summed E-state index contributed by atoms with van der Waals surface area (Å²) in [5, 5.41) is 0. The van der Waals surface area contributed by atoms with E-state index in [0.29, 0.717) is 28.1 Å². The van der Waals surface area contributed by atoms with Crippen LogP contribution in [-0.4, -0.2) is 36.4 Å². The van der Waals surface area contributed by atoms with Crippen molar-refractivity contribution < 1.29 is 19.1 Å². The summed E-state index contributed by atoms with van der Waals surface area (Å²) < 4.78 is 5.99. The summed E-state index contributed by atoms with van der Waals surface area (Å²) in [6.45, 7) is -0.183. The van der Waals surface area contributed by atoms with Crippen LogP contribution in [0.5, 0.6) is 5.75 Å². The predicted molar refractivity (Wildman–Crippen MR) is 121 cm³/mol. The van der Waals surface area contributed by atoms with Crippen LogP contribution in [0, 0.1) is 3.57 Å². The molecular formula is C23H17IN2O4. The molecule has 6 nitrogen and oxygen atoms in total. The molecule has 3 amide bonds. The minimum atomic E-state index is -0.408. The molecule has 0 atom stereocenters. The van der Waals surface area contributed by atoms with Gasteiger partial charge in [0.15, 0.2) is 0 Å². The van der Waals surface area contributed by atoms with E-state index in [9.17, 15) is 14.4 Å². The number of rotatable bonds is 5. The smallest absolute Gasteiger partial charge is 0.263 e. The molecule has 0 fully saturated rings. The molecule has 0 unspecified atom stereocenters. The van der Waals surface area contributed by atoms with Gasteiger partial charge in [0.1, 0.15) is 12.4 Å². The van der Waals surface area contributed by atoms with Crippen molar-refractivity contribution in [2.24, 2.45) is 0 Å². The van der Waals surface area contributed by atoms with E-state index in [1.54, 1.807) is 61.7 Å². The van der Waals surface area contributed by atoms with E-state index in [-0.39, 0.29) is 12.6 Å². The Balaban J connectivity index is 1.72. The lowest BCUT2D eigenvalue weighted by Gasteiger charge is -2.28. The van der Waals surface area contributed by atoms with Crippen LogP contribution in [0.2, 0.25) is 0 Å². The third-order valence-corrected chi connectivity index (χ3v) is 5.80. The Morgan fingerprint density at radius 1 is 0.900 bits per heavy atom. The number of anilines is 1. The van der Waals surface area contributed by atoms with Gasteiger partial charge in [0.25, 0.3) is 17.7 Å². The number of halogens is 1. The Kier molecular flexibility index (Phi) is 5.54. The summed E-state index contributed by atoms with van der Waals surface area (Å²) in [4.78, 5) is 41.7. The van der Waals surface area contributed by atoms with Gasteiger partial charge in [-0.05, 0) is 71.1 Å². The van der Waals surface area contributed by atoms with Crippen LogP contribution in [0.15, 0.2) is 72.8 Å². The van der Waals surface area contributed by atoms with Gasteiger partial charge in [0.05, 0.1) is 23.9 Å². The van der Waals surface area contributed by atoms with Crippen LogP contribution >= 0.6 is 22.6 Å². The third-order valence-electron chi connectivity index (χ3n) is 4.89. The lowest BCUT2D eigenvalue weighted by atomic mass is 10.1. The Bertz CT molecular complexity index is 1110. The second-order valence-electron chi connectivity index (χ2n) is 6.64. The highest BCUT2D eigenvalue weighted by Gasteiger charge is 2.37. The minimum Gasteiger partial charge on any atom is -0.497 e. The van der Waals surface area contributed by atoms with Crippen LogP contribution in [0.3, 0.4) is 0 Å². The molecule has 0 spiro atoms. The Morgan fingerprint density at radius 2 is 1.47 bits per heavy atom. The van der Waals surface area contributed by atoms with E-state index in [1.165, 1.54) is 4.90 Å². The zero-order valence-corrected chi connectivity index (χ0v) is 18.2. The molecule has 4 rings (SSSR count). The summed E-state index contributed by atoms with van der Waals surface area (Å²) in [5.74, 6) is -0.505. The van der Waals surface area contributed by atoms with Gasteiger partial charge in [-0.1, -0.05) is 24.3 Å². The quantitative estimate of drug-likeness (QED) is 0.380. The summed E-state index contributed by atoms with van der Waals surface area (Å²) in [7, 11) is 1.55. The van der Waals surface area contributed by atoms with Gasteiger partial charge in [-0.2, -0.15) is 0 Å². The number of benzene rings is 3. The number of carbonyl (C=O) groups excluding carboxylic acids is 3. The first-order chi connectivity index (χ1) is 14.5. The molecule has 0 radical (unpaired) electrons. The minimum absolute atomic E-state index is 0.183. The van der Waals surface area contributed by atoms with Gasteiger partial charge in [0.2, 0.25) is 0 Å². The highest BCUT2D eigenvalue weighted by Crippen LogP contribution is 2.28. The van der Waals surface area contributed by atoms with Crippen molar-refractivity contribution in [3.8, 4) is 5.75 Å². The summed E-state index contributed by atoms with van der Waals surface area (Å²) in [6.07, 6.45) is 0. The number of amides is 3. The fraction of sp³-hybridized carbons (Fsp3) is 0.0870. The first-order valence-corrected chi connectivity index (χ1v) is 10.2. The molecule has 1 heterocycles. The number of ether oxygens (including phenoxy) is 1. The predicted octanol–water partition coefficient (Wildman–Crippen LogP) is 4.20. The fourth-order valence-electron chi connectivity index (χ4n) is 3.32. The van der Waals surface area contributed by atoms with E-state index >= 15 is 0 Å². The van der Waals surface area contributed by atoms with E-state index < -0.39 is 11.8 Å². The highest BCUT2D eigenvalue weighted by molar-refractivity contribution is 14.1. The number of hydrogen-bond donors (Lipinski definition) is 0. The molecule has 30 heavy (non-hydrogen) atoms. The number of fused-ring (bicyclic) bond motifs is 1. The highest BCUT2D eigenvalue weighted by atomic mass is 127. The normalized spacial score (nSPS) is 12.7. The second kappa shape index (κ2) is 8.27. The molecule has 0 bridgehead atoms. The van der Waals surface area contributed by atoms with Gasteiger partial charge in [0, 0.05) is 9.13 Å². The van der Waals surface area contributed by atoms with Crippen molar-refractivity contribution in [3.05, 3.63) is 93.1 Å². The van der Waals surface area contributed by atoms with Gasteiger partial charge in [-0.25, -0.2) is 0 Å². The van der Waals surface area contributed by atoms with E-state index in [4.69, 9.17) is 4.74 Å². The van der Waals surface area contributed by atoms with E-state index in [1.807, 2.05) is 18.2 Å². The van der Waals surface area contributed by atoms with Crippen LogP contribution in [0.4, 0.5) is 5.69 Å². The van der Waals surface area contributed by atoms with Gasteiger partial charge in [-0.15, -0.1) is 0 Å². The second-order valence-corrected chi connectivity index (χ2v) is 7.80. The number of carbonyl (C=O) groups is 3. The van der Waals surface area contributed by atoms with E-state index in [0.717, 1.165) is 8.47 Å². The van der Waals surface area contributed by atoms with Crippen molar-refractivity contribution in [3.63, 3.8) is 0 Å². The summed E-state index contributed by atoms with van der Waals surface area (Å²) >= 11 is 2.13. The SMILES string of the molecule is COc1ccc(C(=O)N(CN2C(=O)c3ccccc3C2=O)c2ccccc2I)cc1. The molecule has 0 aliphatic carbocycles. The molecule has 3 aromatic carbocycles.